The number of hydrogen-bond donors (Lipinski definition) is 3. The zero-order chi connectivity index (χ0) is 16.2. The number of carbonyl (C=O) groups is 1. The predicted octanol–water partition coefficient (Wildman–Crippen LogP) is 3.01. The Kier molecular flexibility index (Phi) is 3.93. The molecule has 3 aromatic carbocycles. The summed E-state index contributed by atoms with van der Waals surface area (Å²) in [6.45, 7) is 0. The maximum absolute atomic E-state index is 11.9. The Morgan fingerprint density at radius 1 is 0.913 bits per heavy atom. The lowest BCUT2D eigenvalue weighted by Crippen LogP contribution is -2.17. The summed E-state index contributed by atoms with van der Waals surface area (Å²) in [6, 6.07) is 17.6. The second-order valence-electron chi connectivity index (χ2n) is 5.01. The van der Waals surface area contributed by atoms with Crippen LogP contribution in [0.25, 0.3) is 10.8 Å². The van der Waals surface area contributed by atoms with E-state index in [2.05, 4.69) is 10.5 Å². The molecular weight excluding hydrogens is 292 g/mol. The van der Waals surface area contributed by atoms with Crippen LogP contribution < -0.4 is 5.43 Å². The predicted molar refractivity (Wildman–Crippen MR) is 88.8 cm³/mol. The second-order valence-corrected chi connectivity index (χ2v) is 5.01. The van der Waals surface area contributed by atoms with Gasteiger partial charge in [-0.25, -0.2) is 5.43 Å². The van der Waals surface area contributed by atoms with Gasteiger partial charge < -0.3 is 10.2 Å². The minimum absolute atomic E-state index is 0.205. The van der Waals surface area contributed by atoms with Crippen LogP contribution in [-0.4, -0.2) is 22.3 Å². The van der Waals surface area contributed by atoms with Crippen molar-refractivity contribution in [2.45, 2.75) is 0 Å². The summed E-state index contributed by atoms with van der Waals surface area (Å²) in [4.78, 5) is 11.9. The number of rotatable bonds is 3. The molecule has 1 amide bonds. The maximum atomic E-state index is 11.9. The highest BCUT2D eigenvalue weighted by atomic mass is 16.3. The molecule has 0 aliphatic heterocycles. The summed E-state index contributed by atoms with van der Waals surface area (Å²) in [5.74, 6) is -1.10. The summed E-state index contributed by atoms with van der Waals surface area (Å²) in [6.07, 6.45) is 1.55. The van der Waals surface area contributed by atoms with Crippen molar-refractivity contribution in [3.05, 3.63) is 71.8 Å². The molecule has 114 valence electrons. The third-order valence-corrected chi connectivity index (χ3v) is 3.39. The summed E-state index contributed by atoms with van der Waals surface area (Å²) >= 11 is 0. The van der Waals surface area contributed by atoms with E-state index in [1.807, 2.05) is 42.5 Å². The summed E-state index contributed by atoms with van der Waals surface area (Å²) in [5, 5.41) is 24.7. The van der Waals surface area contributed by atoms with Crippen molar-refractivity contribution >= 4 is 22.9 Å². The number of phenolic OH excluding ortho intramolecular Hbond substituents is 2. The molecule has 0 heterocycles. The molecule has 0 unspecified atom stereocenters. The highest BCUT2D eigenvalue weighted by Crippen LogP contribution is 2.24. The zero-order valence-corrected chi connectivity index (χ0v) is 12.1. The van der Waals surface area contributed by atoms with Gasteiger partial charge in [0.1, 0.15) is 0 Å². The van der Waals surface area contributed by atoms with E-state index in [1.54, 1.807) is 6.21 Å². The molecule has 23 heavy (non-hydrogen) atoms. The molecule has 0 spiro atoms. The fourth-order valence-electron chi connectivity index (χ4n) is 2.18. The van der Waals surface area contributed by atoms with Gasteiger partial charge in [0.15, 0.2) is 11.5 Å². The van der Waals surface area contributed by atoms with E-state index in [-0.39, 0.29) is 17.1 Å². The topological polar surface area (TPSA) is 81.9 Å². The van der Waals surface area contributed by atoms with Crippen molar-refractivity contribution in [3.8, 4) is 11.5 Å². The average Bonchev–Trinajstić information content (AvgIpc) is 2.57. The molecule has 0 saturated heterocycles. The van der Waals surface area contributed by atoms with Gasteiger partial charge in [0.2, 0.25) is 0 Å². The number of carbonyl (C=O) groups excluding carboxylic acids is 1. The Labute approximate surface area is 132 Å². The fraction of sp³-hybridized carbons (Fsp3) is 0. The van der Waals surface area contributed by atoms with Gasteiger partial charge in [0.25, 0.3) is 5.91 Å². The van der Waals surface area contributed by atoms with Gasteiger partial charge in [-0.2, -0.15) is 5.10 Å². The first kappa shape index (κ1) is 14.6. The number of nitrogens with one attached hydrogen (secondary N) is 1. The number of benzene rings is 3. The number of phenols is 2. The third kappa shape index (κ3) is 3.29. The van der Waals surface area contributed by atoms with Crippen LogP contribution in [-0.2, 0) is 0 Å². The molecule has 0 aromatic heterocycles. The highest BCUT2D eigenvalue weighted by Gasteiger charge is 2.07. The lowest BCUT2D eigenvalue weighted by Gasteiger charge is -2.02. The van der Waals surface area contributed by atoms with Gasteiger partial charge in [-0.15, -0.1) is 0 Å². The first-order valence-corrected chi connectivity index (χ1v) is 6.98. The van der Waals surface area contributed by atoms with Crippen LogP contribution in [0.2, 0.25) is 0 Å². The monoisotopic (exact) mass is 306 g/mol. The van der Waals surface area contributed by atoms with E-state index in [9.17, 15) is 15.0 Å². The quantitative estimate of drug-likeness (QED) is 0.395. The van der Waals surface area contributed by atoms with Gasteiger partial charge in [-0.1, -0.05) is 36.4 Å². The molecular formula is C18H14N2O3. The lowest BCUT2D eigenvalue weighted by molar-refractivity contribution is 0.0954. The molecule has 0 aliphatic rings. The van der Waals surface area contributed by atoms with Crippen molar-refractivity contribution in [1.29, 1.82) is 0 Å². The smallest absolute Gasteiger partial charge is 0.271 e. The first-order chi connectivity index (χ1) is 11.1. The number of hydrogen-bond acceptors (Lipinski definition) is 4. The molecule has 0 radical (unpaired) electrons. The van der Waals surface area contributed by atoms with E-state index in [0.717, 1.165) is 16.3 Å². The maximum Gasteiger partial charge on any atom is 0.271 e. The largest absolute Gasteiger partial charge is 0.504 e. The molecule has 0 atom stereocenters. The highest BCUT2D eigenvalue weighted by molar-refractivity contribution is 5.96. The van der Waals surface area contributed by atoms with Gasteiger partial charge in [0, 0.05) is 5.56 Å². The number of fused-ring (bicyclic) bond motifs is 1. The van der Waals surface area contributed by atoms with E-state index < -0.39 is 5.91 Å². The van der Waals surface area contributed by atoms with Crippen LogP contribution in [0.15, 0.2) is 65.8 Å². The van der Waals surface area contributed by atoms with Crippen LogP contribution in [0.3, 0.4) is 0 Å². The molecule has 5 heteroatoms. The van der Waals surface area contributed by atoms with Crippen molar-refractivity contribution in [2.75, 3.05) is 0 Å². The zero-order valence-electron chi connectivity index (χ0n) is 12.1. The van der Waals surface area contributed by atoms with Crippen molar-refractivity contribution in [2.24, 2.45) is 5.10 Å². The Balaban J connectivity index is 1.71. The van der Waals surface area contributed by atoms with Crippen LogP contribution >= 0.6 is 0 Å². The van der Waals surface area contributed by atoms with E-state index in [4.69, 9.17) is 0 Å². The number of nitrogens with zero attached hydrogens (tertiary/aromatic N) is 1. The minimum Gasteiger partial charge on any atom is -0.504 e. The molecule has 0 bridgehead atoms. The third-order valence-electron chi connectivity index (χ3n) is 3.39. The van der Waals surface area contributed by atoms with Gasteiger partial charge >= 0.3 is 0 Å². The molecule has 3 rings (SSSR count). The van der Waals surface area contributed by atoms with E-state index >= 15 is 0 Å². The Hall–Kier alpha value is -3.34. The fourth-order valence-corrected chi connectivity index (χ4v) is 2.18. The van der Waals surface area contributed by atoms with Crippen molar-refractivity contribution in [1.82, 2.24) is 5.43 Å². The minimum atomic E-state index is -0.475. The normalized spacial score (nSPS) is 11.0. The SMILES string of the molecule is O=C(N/N=C/c1ccc2ccccc2c1)c1ccc(O)c(O)c1. The molecule has 0 fully saturated rings. The molecule has 0 aliphatic carbocycles. The Morgan fingerprint density at radius 3 is 2.48 bits per heavy atom. The van der Waals surface area contributed by atoms with Crippen LogP contribution in [0, 0.1) is 0 Å². The van der Waals surface area contributed by atoms with Crippen molar-refractivity contribution < 1.29 is 15.0 Å². The molecule has 3 aromatic rings. The first-order valence-electron chi connectivity index (χ1n) is 6.98. The molecule has 5 nitrogen and oxygen atoms in total. The van der Waals surface area contributed by atoms with Crippen LogP contribution in [0.1, 0.15) is 15.9 Å². The number of amides is 1. The van der Waals surface area contributed by atoms with E-state index in [0.29, 0.717) is 0 Å². The second kappa shape index (κ2) is 6.19. The summed E-state index contributed by atoms with van der Waals surface area (Å²) in [7, 11) is 0. The molecule has 0 saturated carbocycles. The summed E-state index contributed by atoms with van der Waals surface area (Å²) < 4.78 is 0. The number of aromatic hydroxyl groups is 2. The Morgan fingerprint density at radius 2 is 1.70 bits per heavy atom. The van der Waals surface area contributed by atoms with Crippen LogP contribution in [0.5, 0.6) is 11.5 Å². The molecule has 3 N–H and O–H groups in total. The van der Waals surface area contributed by atoms with Gasteiger partial charge in [0.05, 0.1) is 6.21 Å². The van der Waals surface area contributed by atoms with Gasteiger partial charge in [-0.05, 0) is 40.6 Å². The lowest BCUT2D eigenvalue weighted by atomic mass is 10.1. The van der Waals surface area contributed by atoms with Gasteiger partial charge in [-0.3, -0.25) is 4.79 Å². The average molecular weight is 306 g/mol. The summed E-state index contributed by atoms with van der Waals surface area (Å²) in [5.41, 5.74) is 3.44. The number of hydrazone groups is 1. The van der Waals surface area contributed by atoms with Crippen molar-refractivity contribution in [3.63, 3.8) is 0 Å². The van der Waals surface area contributed by atoms with Crippen LogP contribution in [0.4, 0.5) is 0 Å². The van der Waals surface area contributed by atoms with E-state index in [1.165, 1.54) is 18.2 Å². The standard InChI is InChI=1S/C18H14N2O3/c21-16-8-7-15(10-17(16)22)18(23)20-19-11-12-5-6-13-3-1-2-4-14(13)9-12/h1-11,21-22H,(H,20,23)/b19-11+. The Bertz CT molecular complexity index is 904.